The molecule has 0 aromatic rings. The van der Waals surface area contributed by atoms with E-state index in [-0.39, 0.29) is 12.0 Å². The number of hydrogen-bond acceptors (Lipinski definition) is 2. The smallest absolute Gasteiger partial charge is 0.0453 e. The lowest BCUT2D eigenvalue weighted by molar-refractivity contribution is 0.769. The molecule has 1 aliphatic rings. The monoisotopic (exact) mass is 322 g/mol. The van der Waals surface area contributed by atoms with Crippen molar-refractivity contribution in [2.24, 2.45) is 11.7 Å². The topological polar surface area (TPSA) is 38.0 Å². The van der Waals surface area contributed by atoms with Crippen LogP contribution in [0.3, 0.4) is 0 Å². The van der Waals surface area contributed by atoms with Crippen LogP contribution < -0.4 is 11.1 Å². The van der Waals surface area contributed by atoms with E-state index in [1.54, 1.807) is 0 Å². The molecular weight excluding hydrogens is 292 g/mol. The molecule has 0 fully saturated rings. The molecule has 3 N–H and O–H groups in total. The third-order valence-corrected chi connectivity index (χ3v) is 3.56. The molecule has 24 heavy (non-hydrogen) atoms. The minimum Gasteiger partial charge on any atom is -0.394 e. The summed E-state index contributed by atoms with van der Waals surface area (Å²) in [5, 5.41) is 2.99. The van der Waals surface area contributed by atoms with Crippen molar-refractivity contribution in [3.8, 4) is 11.8 Å². The molecule has 128 valence electrons. The first-order chi connectivity index (χ1) is 11.7. The minimum absolute atomic E-state index is 0.0727. The van der Waals surface area contributed by atoms with Crippen molar-refractivity contribution in [1.29, 1.82) is 0 Å². The van der Waals surface area contributed by atoms with E-state index in [0.717, 1.165) is 24.8 Å². The van der Waals surface area contributed by atoms with Crippen molar-refractivity contribution in [3.05, 3.63) is 72.0 Å². The number of nitrogens with two attached hydrogens (primary N) is 1. The number of allylic oxidation sites excluding steroid dienone is 10. The molecule has 0 aliphatic heterocycles. The van der Waals surface area contributed by atoms with Gasteiger partial charge in [0.05, 0.1) is 0 Å². The summed E-state index contributed by atoms with van der Waals surface area (Å²) in [5.74, 6) is 7.07. The predicted octanol–water partition coefficient (Wildman–Crippen LogP) is 4.41. The SMILES string of the molecule is CCC(C#C/C(=C/C=C\NC)C/C=C\C(C)N)C1=CC=CCC=C1. The van der Waals surface area contributed by atoms with Crippen LogP contribution >= 0.6 is 0 Å². The van der Waals surface area contributed by atoms with Crippen molar-refractivity contribution in [1.82, 2.24) is 5.32 Å². The van der Waals surface area contributed by atoms with Gasteiger partial charge in [-0.25, -0.2) is 0 Å². The molecule has 1 rings (SSSR count). The molecule has 0 aromatic carbocycles. The molecule has 2 unspecified atom stereocenters. The van der Waals surface area contributed by atoms with E-state index in [0.29, 0.717) is 0 Å². The Hall–Kier alpha value is -2.24. The first-order valence-corrected chi connectivity index (χ1v) is 8.67. The summed E-state index contributed by atoms with van der Waals surface area (Å²) < 4.78 is 0. The fourth-order valence-electron chi connectivity index (χ4n) is 2.26. The number of nitrogens with one attached hydrogen (secondary N) is 1. The van der Waals surface area contributed by atoms with Crippen LogP contribution in [-0.4, -0.2) is 13.1 Å². The van der Waals surface area contributed by atoms with Crippen molar-refractivity contribution in [2.45, 2.75) is 39.2 Å². The zero-order valence-electron chi connectivity index (χ0n) is 15.1. The highest BCUT2D eigenvalue weighted by atomic mass is 14.8. The molecule has 0 heterocycles. The normalized spacial score (nSPS) is 17.3. The molecule has 1 aliphatic carbocycles. The van der Waals surface area contributed by atoms with Crippen LogP contribution in [-0.2, 0) is 0 Å². The quantitative estimate of drug-likeness (QED) is 0.414. The van der Waals surface area contributed by atoms with Crippen molar-refractivity contribution in [2.75, 3.05) is 7.05 Å². The van der Waals surface area contributed by atoms with E-state index in [9.17, 15) is 0 Å². The van der Waals surface area contributed by atoms with Crippen LogP contribution in [0, 0.1) is 17.8 Å². The second-order valence-corrected chi connectivity index (χ2v) is 5.79. The summed E-state index contributed by atoms with van der Waals surface area (Å²) in [6.07, 6.45) is 23.7. The summed E-state index contributed by atoms with van der Waals surface area (Å²) in [6, 6.07) is 0.0727. The first-order valence-electron chi connectivity index (χ1n) is 8.67. The summed E-state index contributed by atoms with van der Waals surface area (Å²) in [6.45, 7) is 4.15. The fraction of sp³-hybridized carbons (Fsp3) is 0.364. The summed E-state index contributed by atoms with van der Waals surface area (Å²) >= 11 is 0. The van der Waals surface area contributed by atoms with Gasteiger partial charge in [-0.2, -0.15) is 0 Å². The van der Waals surface area contributed by atoms with Gasteiger partial charge in [-0.1, -0.05) is 61.3 Å². The highest BCUT2D eigenvalue weighted by Crippen LogP contribution is 2.18. The van der Waals surface area contributed by atoms with Crippen LogP contribution in [0.15, 0.2) is 72.0 Å². The number of hydrogen-bond donors (Lipinski definition) is 2. The van der Waals surface area contributed by atoms with Crippen LogP contribution in [0.4, 0.5) is 0 Å². The molecular formula is C22H30N2. The van der Waals surface area contributed by atoms with Crippen LogP contribution in [0.5, 0.6) is 0 Å². The zero-order chi connectivity index (χ0) is 17.6. The van der Waals surface area contributed by atoms with Gasteiger partial charge in [-0.15, -0.1) is 0 Å². The molecule has 0 amide bonds. The summed E-state index contributed by atoms with van der Waals surface area (Å²) in [4.78, 5) is 0. The maximum Gasteiger partial charge on any atom is 0.0453 e. The van der Waals surface area contributed by atoms with Gasteiger partial charge in [0.25, 0.3) is 0 Å². The predicted molar refractivity (Wildman–Crippen MR) is 106 cm³/mol. The largest absolute Gasteiger partial charge is 0.394 e. The average Bonchev–Trinajstić information content (AvgIpc) is 2.84. The highest BCUT2D eigenvalue weighted by molar-refractivity contribution is 5.39. The zero-order valence-corrected chi connectivity index (χ0v) is 15.1. The van der Waals surface area contributed by atoms with Gasteiger partial charge in [0.2, 0.25) is 0 Å². The number of rotatable bonds is 7. The van der Waals surface area contributed by atoms with Gasteiger partial charge in [-0.05, 0) is 50.1 Å². The second-order valence-electron chi connectivity index (χ2n) is 5.79. The maximum absolute atomic E-state index is 5.77. The first kappa shape index (κ1) is 19.8. The summed E-state index contributed by atoms with van der Waals surface area (Å²) in [7, 11) is 1.89. The average molecular weight is 322 g/mol. The van der Waals surface area contributed by atoms with Gasteiger partial charge >= 0.3 is 0 Å². The Morgan fingerprint density at radius 1 is 1.42 bits per heavy atom. The Balaban J connectivity index is 2.92. The van der Waals surface area contributed by atoms with Crippen LogP contribution in [0.2, 0.25) is 0 Å². The van der Waals surface area contributed by atoms with Gasteiger partial charge < -0.3 is 11.1 Å². The van der Waals surface area contributed by atoms with Gasteiger partial charge in [0.15, 0.2) is 0 Å². The molecule has 2 heteroatoms. The van der Waals surface area contributed by atoms with Crippen LogP contribution in [0.25, 0.3) is 0 Å². The lowest BCUT2D eigenvalue weighted by Gasteiger charge is -2.08. The molecule has 2 nitrogen and oxygen atoms in total. The Morgan fingerprint density at radius 2 is 2.25 bits per heavy atom. The highest BCUT2D eigenvalue weighted by Gasteiger charge is 2.06. The van der Waals surface area contributed by atoms with Crippen molar-refractivity contribution in [3.63, 3.8) is 0 Å². The van der Waals surface area contributed by atoms with E-state index in [4.69, 9.17) is 5.73 Å². The van der Waals surface area contributed by atoms with Crippen molar-refractivity contribution < 1.29 is 0 Å². The summed E-state index contributed by atoms with van der Waals surface area (Å²) in [5.41, 5.74) is 8.14. The van der Waals surface area contributed by atoms with Gasteiger partial charge in [0.1, 0.15) is 0 Å². The Bertz CT molecular complexity index is 602. The molecule has 0 bridgehead atoms. The lowest BCUT2D eigenvalue weighted by atomic mass is 9.95. The Labute approximate surface area is 147 Å². The second kappa shape index (κ2) is 12.2. The van der Waals surface area contributed by atoms with E-state index in [1.165, 1.54) is 5.57 Å². The fourth-order valence-corrected chi connectivity index (χ4v) is 2.26. The van der Waals surface area contributed by atoms with E-state index in [2.05, 4.69) is 66.6 Å². The molecule has 2 atom stereocenters. The van der Waals surface area contributed by atoms with Gasteiger partial charge in [0, 0.05) is 24.6 Å². The standard InChI is InChI=1S/C22H30N2/c1-4-21(22-14-7-5-6-8-15-22)17-16-20(13-10-18-24-3)12-9-11-19(2)23/h5,7-11,13-15,18-19,21,24H,4,6,12,23H2,1-3H3/b11-9-,18-10-,20-13+. The molecule has 0 saturated carbocycles. The van der Waals surface area contributed by atoms with Gasteiger partial charge in [-0.3, -0.25) is 0 Å². The third kappa shape index (κ3) is 8.41. The van der Waals surface area contributed by atoms with Crippen molar-refractivity contribution >= 4 is 0 Å². The third-order valence-electron chi connectivity index (χ3n) is 3.56. The van der Waals surface area contributed by atoms with E-state index in [1.807, 2.05) is 32.3 Å². The molecule has 0 saturated heterocycles. The maximum atomic E-state index is 5.77. The van der Waals surface area contributed by atoms with E-state index < -0.39 is 0 Å². The van der Waals surface area contributed by atoms with E-state index >= 15 is 0 Å². The Morgan fingerprint density at radius 3 is 2.96 bits per heavy atom. The minimum atomic E-state index is 0.0727. The molecule has 0 spiro atoms. The molecule has 0 aromatic heterocycles. The lowest BCUT2D eigenvalue weighted by Crippen LogP contribution is -2.10. The van der Waals surface area contributed by atoms with Crippen LogP contribution in [0.1, 0.15) is 33.1 Å². The Kier molecular flexibility index (Phi) is 10.1. The molecule has 0 radical (unpaired) electrons.